The van der Waals surface area contributed by atoms with Crippen LogP contribution in [0.3, 0.4) is 0 Å². The highest BCUT2D eigenvalue weighted by Gasteiger charge is 2.05. The number of thiocarbonyl (C=S) groups is 1. The van der Waals surface area contributed by atoms with Crippen LogP contribution in [0.4, 0.5) is 0 Å². The molecule has 1 heterocycles. The minimum Gasteiger partial charge on any atom is -0.507 e. The monoisotopic (exact) mass is 274 g/mol. The number of fused-ring (bicyclic) bond motifs is 1. The van der Waals surface area contributed by atoms with Crippen molar-refractivity contribution in [3.8, 4) is 5.75 Å². The number of hydrazone groups is 1. The van der Waals surface area contributed by atoms with E-state index in [1.807, 2.05) is 32.3 Å². The number of hydrogen-bond donors (Lipinski definition) is 2. The Hall–Kier alpha value is -2.21. The molecule has 0 fully saturated rings. The van der Waals surface area contributed by atoms with Gasteiger partial charge in [0.1, 0.15) is 5.75 Å². The standard InChI is InChI=1S/C13H14N4OS/c1-17(2)13(19)16-15-8-10-11(18)6-5-9-4-3-7-14-12(9)10/h3-8,18H,1-2H3,(H,16,19)/b15-8+. The van der Waals surface area contributed by atoms with Gasteiger partial charge in [-0.15, -0.1) is 0 Å². The molecule has 0 aliphatic rings. The lowest BCUT2D eigenvalue weighted by molar-refractivity contribution is 0.475. The first kappa shape index (κ1) is 13.2. The average Bonchev–Trinajstić information content (AvgIpc) is 2.41. The van der Waals surface area contributed by atoms with Crippen molar-refractivity contribution < 1.29 is 5.11 Å². The third-order valence-corrected chi connectivity index (χ3v) is 3.01. The van der Waals surface area contributed by atoms with Crippen LogP contribution < -0.4 is 5.43 Å². The predicted molar refractivity (Wildman–Crippen MR) is 80.4 cm³/mol. The largest absolute Gasteiger partial charge is 0.507 e. The molecule has 5 nitrogen and oxygen atoms in total. The molecule has 19 heavy (non-hydrogen) atoms. The molecule has 2 rings (SSSR count). The Morgan fingerprint density at radius 1 is 1.42 bits per heavy atom. The summed E-state index contributed by atoms with van der Waals surface area (Å²) in [4.78, 5) is 5.98. The summed E-state index contributed by atoms with van der Waals surface area (Å²) in [7, 11) is 3.64. The molecule has 2 N–H and O–H groups in total. The van der Waals surface area contributed by atoms with Gasteiger partial charge in [0.25, 0.3) is 0 Å². The minimum absolute atomic E-state index is 0.132. The maximum Gasteiger partial charge on any atom is 0.189 e. The fourth-order valence-corrected chi connectivity index (χ4v) is 1.59. The quantitative estimate of drug-likeness (QED) is 0.496. The fraction of sp³-hybridized carbons (Fsp3) is 0.154. The molecule has 98 valence electrons. The molecular formula is C13H14N4OS. The molecule has 0 aliphatic carbocycles. The van der Waals surface area contributed by atoms with E-state index >= 15 is 0 Å². The summed E-state index contributed by atoms with van der Waals surface area (Å²) >= 11 is 5.04. The smallest absolute Gasteiger partial charge is 0.189 e. The molecular weight excluding hydrogens is 260 g/mol. The number of hydrogen-bond acceptors (Lipinski definition) is 4. The summed E-state index contributed by atoms with van der Waals surface area (Å²) in [5.74, 6) is 0.132. The number of aromatic nitrogens is 1. The van der Waals surface area contributed by atoms with Gasteiger partial charge in [-0.2, -0.15) is 5.10 Å². The van der Waals surface area contributed by atoms with Gasteiger partial charge in [-0.3, -0.25) is 10.4 Å². The molecule has 0 atom stereocenters. The second-order valence-electron chi connectivity index (χ2n) is 4.14. The van der Waals surface area contributed by atoms with Crippen LogP contribution in [0.15, 0.2) is 35.6 Å². The molecule has 0 unspecified atom stereocenters. The fourth-order valence-electron chi connectivity index (χ4n) is 1.54. The van der Waals surface area contributed by atoms with E-state index in [0.717, 1.165) is 5.39 Å². The van der Waals surface area contributed by atoms with E-state index in [0.29, 0.717) is 16.2 Å². The first-order chi connectivity index (χ1) is 9.09. The van der Waals surface area contributed by atoms with E-state index in [9.17, 15) is 5.11 Å². The van der Waals surface area contributed by atoms with Gasteiger partial charge in [0.15, 0.2) is 5.11 Å². The Balaban J connectivity index is 2.32. The van der Waals surface area contributed by atoms with Crippen LogP contribution in [0.5, 0.6) is 5.75 Å². The summed E-state index contributed by atoms with van der Waals surface area (Å²) in [5.41, 5.74) is 3.97. The van der Waals surface area contributed by atoms with Crippen LogP contribution in [0, 0.1) is 0 Å². The normalized spacial score (nSPS) is 10.8. The van der Waals surface area contributed by atoms with Crippen LogP contribution in [0.25, 0.3) is 10.9 Å². The molecule has 1 aromatic carbocycles. The second kappa shape index (κ2) is 5.62. The second-order valence-corrected chi connectivity index (χ2v) is 4.53. The van der Waals surface area contributed by atoms with Crippen molar-refractivity contribution in [2.45, 2.75) is 0 Å². The van der Waals surface area contributed by atoms with Gasteiger partial charge in [-0.25, -0.2) is 0 Å². The van der Waals surface area contributed by atoms with Crippen LogP contribution in [0.1, 0.15) is 5.56 Å². The number of aromatic hydroxyl groups is 1. The third kappa shape index (κ3) is 2.97. The Kier molecular flexibility index (Phi) is 3.91. The van der Waals surface area contributed by atoms with E-state index in [-0.39, 0.29) is 5.75 Å². The molecule has 0 bridgehead atoms. The summed E-state index contributed by atoms with van der Waals surface area (Å²) < 4.78 is 0. The lowest BCUT2D eigenvalue weighted by Gasteiger charge is -2.11. The molecule has 2 aromatic rings. The van der Waals surface area contributed by atoms with Crippen molar-refractivity contribution in [2.75, 3.05) is 14.1 Å². The summed E-state index contributed by atoms with van der Waals surface area (Å²) in [5, 5.41) is 15.3. The Morgan fingerprint density at radius 3 is 2.95 bits per heavy atom. The van der Waals surface area contributed by atoms with Crippen molar-refractivity contribution >= 4 is 34.4 Å². The van der Waals surface area contributed by atoms with E-state index in [1.165, 1.54) is 6.21 Å². The highest BCUT2D eigenvalue weighted by molar-refractivity contribution is 7.80. The number of nitrogens with one attached hydrogen (secondary N) is 1. The van der Waals surface area contributed by atoms with E-state index < -0.39 is 0 Å². The van der Waals surface area contributed by atoms with Crippen molar-refractivity contribution in [3.63, 3.8) is 0 Å². The summed E-state index contributed by atoms with van der Waals surface area (Å²) in [6.45, 7) is 0. The molecule has 0 radical (unpaired) electrons. The number of nitrogens with zero attached hydrogens (tertiary/aromatic N) is 3. The predicted octanol–water partition coefficient (Wildman–Crippen LogP) is 1.71. The van der Waals surface area contributed by atoms with E-state index in [4.69, 9.17) is 12.2 Å². The SMILES string of the molecule is CN(C)C(=S)N/N=C/c1c(O)ccc2cccnc12. The first-order valence-electron chi connectivity index (χ1n) is 5.66. The molecule has 0 aliphatic heterocycles. The minimum atomic E-state index is 0.132. The first-order valence-corrected chi connectivity index (χ1v) is 6.07. The van der Waals surface area contributed by atoms with Crippen LogP contribution in [-0.2, 0) is 0 Å². The zero-order valence-electron chi connectivity index (χ0n) is 10.7. The highest BCUT2D eigenvalue weighted by atomic mass is 32.1. The number of pyridine rings is 1. The lowest BCUT2D eigenvalue weighted by Crippen LogP contribution is -2.30. The molecule has 6 heteroatoms. The Morgan fingerprint density at radius 2 is 2.21 bits per heavy atom. The number of benzene rings is 1. The molecule has 0 amide bonds. The zero-order chi connectivity index (χ0) is 13.8. The molecule has 0 saturated carbocycles. The van der Waals surface area contributed by atoms with Crippen molar-refractivity contribution in [1.29, 1.82) is 0 Å². The number of phenols is 1. The maximum absolute atomic E-state index is 9.88. The van der Waals surface area contributed by atoms with Gasteiger partial charge >= 0.3 is 0 Å². The molecule has 0 saturated heterocycles. The van der Waals surface area contributed by atoms with Crippen molar-refractivity contribution in [1.82, 2.24) is 15.3 Å². The maximum atomic E-state index is 9.88. The Labute approximate surface area is 116 Å². The van der Waals surface area contributed by atoms with Gasteiger partial charge in [0.2, 0.25) is 0 Å². The lowest BCUT2D eigenvalue weighted by atomic mass is 10.1. The summed E-state index contributed by atoms with van der Waals surface area (Å²) in [6, 6.07) is 7.21. The van der Waals surface area contributed by atoms with Crippen molar-refractivity contribution in [3.05, 3.63) is 36.0 Å². The van der Waals surface area contributed by atoms with Gasteiger partial charge in [-0.05, 0) is 30.4 Å². The Bertz CT molecular complexity index is 640. The topological polar surface area (TPSA) is 60.8 Å². The van der Waals surface area contributed by atoms with Crippen LogP contribution in [0.2, 0.25) is 0 Å². The molecule has 0 spiro atoms. The van der Waals surface area contributed by atoms with Crippen LogP contribution in [-0.4, -0.2) is 40.4 Å². The summed E-state index contributed by atoms with van der Waals surface area (Å²) in [6.07, 6.45) is 3.19. The van der Waals surface area contributed by atoms with Gasteiger partial charge in [0, 0.05) is 25.7 Å². The third-order valence-electron chi connectivity index (χ3n) is 2.55. The van der Waals surface area contributed by atoms with E-state index in [2.05, 4.69) is 15.5 Å². The average molecular weight is 274 g/mol. The van der Waals surface area contributed by atoms with Gasteiger partial charge in [-0.1, -0.05) is 6.07 Å². The zero-order valence-corrected chi connectivity index (χ0v) is 11.5. The molecule has 1 aromatic heterocycles. The van der Waals surface area contributed by atoms with Crippen LogP contribution >= 0.6 is 12.2 Å². The highest BCUT2D eigenvalue weighted by Crippen LogP contribution is 2.23. The number of rotatable bonds is 2. The van der Waals surface area contributed by atoms with Gasteiger partial charge in [0.05, 0.1) is 17.3 Å². The van der Waals surface area contributed by atoms with E-state index in [1.54, 1.807) is 17.2 Å². The van der Waals surface area contributed by atoms with Crippen molar-refractivity contribution in [2.24, 2.45) is 5.10 Å². The number of phenolic OH excluding ortho intramolecular Hbond substituents is 1. The van der Waals surface area contributed by atoms with Gasteiger partial charge < -0.3 is 10.0 Å².